The molecule has 0 aromatic rings. The van der Waals surface area contributed by atoms with E-state index in [1.54, 1.807) is 0 Å². The number of hydrogen-bond donors (Lipinski definition) is 1. The zero-order chi connectivity index (χ0) is 7.98. The van der Waals surface area contributed by atoms with Gasteiger partial charge in [-0.15, -0.1) is 0 Å². The molecule has 1 unspecified atom stereocenters. The summed E-state index contributed by atoms with van der Waals surface area (Å²) in [5.74, 6) is 0. The topological polar surface area (TPSA) is 38.5 Å². The lowest BCUT2D eigenvalue weighted by molar-refractivity contribution is -0.0331. The van der Waals surface area contributed by atoms with Gasteiger partial charge in [-0.2, -0.15) is 0 Å². The molecule has 0 aliphatic heterocycles. The Morgan fingerprint density at radius 2 is 2.10 bits per heavy atom. The predicted molar refractivity (Wildman–Crippen MR) is 42.8 cm³/mol. The van der Waals surface area contributed by atoms with Crippen LogP contribution in [0.25, 0.3) is 0 Å². The van der Waals surface area contributed by atoms with Crippen LogP contribution < -0.4 is 5.73 Å². The van der Waals surface area contributed by atoms with E-state index in [1.165, 1.54) is 0 Å². The lowest BCUT2D eigenvalue weighted by Gasteiger charge is -2.22. The highest BCUT2D eigenvalue weighted by atomic mass is 16.5. The highest BCUT2D eigenvalue weighted by molar-refractivity contribution is 4.53. The molecule has 3 heteroatoms. The molecule has 0 aliphatic carbocycles. The average Bonchev–Trinajstić information content (AvgIpc) is 1.87. The van der Waals surface area contributed by atoms with Crippen LogP contribution in [0.3, 0.4) is 0 Å². The van der Waals surface area contributed by atoms with E-state index in [0.717, 1.165) is 13.0 Å². The number of rotatable bonds is 5. The quantitative estimate of drug-likeness (QED) is 0.565. The third-order valence-electron chi connectivity index (χ3n) is 1.35. The summed E-state index contributed by atoms with van der Waals surface area (Å²) in [7, 11) is 3.99. The van der Waals surface area contributed by atoms with Crippen LogP contribution >= 0.6 is 0 Å². The van der Waals surface area contributed by atoms with Crippen LogP contribution in [-0.4, -0.2) is 38.4 Å². The van der Waals surface area contributed by atoms with Crippen LogP contribution in [0, 0.1) is 0 Å². The summed E-state index contributed by atoms with van der Waals surface area (Å²) in [4.78, 5) is 2.04. The van der Waals surface area contributed by atoms with E-state index in [1.807, 2.05) is 25.9 Å². The zero-order valence-electron chi connectivity index (χ0n) is 7.13. The smallest absolute Gasteiger partial charge is 0.111 e. The van der Waals surface area contributed by atoms with Gasteiger partial charge in [0.05, 0.1) is 0 Å². The van der Waals surface area contributed by atoms with Gasteiger partial charge in [-0.3, -0.25) is 4.90 Å². The molecule has 62 valence electrons. The van der Waals surface area contributed by atoms with Gasteiger partial charge in [-0.1, -0.05) is 0 Å². The van der Waals surface area contributed by atoms with Gasteiger partial charge in [-0.05, 0) is 34.0 Å². The van der Waals surface area contributed by atoms with Crippen LogP contribution in [0.15, 0.2) is 0 Å². The van der Waals surface area contributed by atoms with Crippen LogP contribution in [0.1, 0.15) is 13.3 Å². The normalized spacial score (nSPS) is 14.1. The Morgan fingerprint density at radius 1 is 1.50 bits per heavy atom. The van der Waals surface area contributed by atoms with E-state index >= 15 is 0 Å². The molecule has 0 aromatic carbocycles. The summed E-state index contributed by atoms with van der Waals surface area (Å²) in [6, 6.07) is 0. The second kappa shape index (κ2) is 5.65. The standard InChI is InChI=1S/C7H18N2O/c1-4-10-7(5-6-8)9(2)3/h7H,4-6,8H2,1-3H3. The first-order valence-electron chi connectivity index (χ1n) is 3.70. The number of hydrogen-bond acceptors (Lipinski definition) is 3. The second-order valence-electron chi connectivity index (χ2n) is 2.45. The first kappa shape index (κ1) is 9.88. The molecule has 0 radical (unpaired) electrons. The average molecular weight is 146 g/mol. The van der Waals surface area contributed by atoms with Crippen molar-refractivity contribution >= 4 is 0 Å². The molecular weight excluding hydrogens is 128 g/mol. The SMILES string of the molecule is CCOC(CCN)N(C)C. The fraction of sp³-hybridized carbons (Fsp3) is 1.00. The minimum atomic E-state index is 0.190. The van der Waals surface area contributed by atoms with Crippen molar-refractivity contribution in [2.24, 2.45) is 5.73 Å². The maximum atomic E-state index is 5.39. The minimum absolute atomic E-state index is 0.190. The molecule has 0 spiro atoms. The molecule has 0 rings (SSSR count). The fourth-order valence-corrected chi connectivity index (χ4v) is 0.826. The van der Waals surface area contributed by atoms with Gasteiger partial charge in [0, 0.05) is 6.61 Å². The number of ether oxygens (including phenoxy) is 1. The van der Waals surface area contributed by atoms with Crippen molar-refractivity contribution in [1.82, 2.24) is 4.90 Å². The molecule has 0 amide bonds. The van der Waals surface area contributed by atoms with Crippen molar-refractivity contribution in [3.8, 4) is 0 Å². The van der Waals surface area contributed by atoms with Crippen molar-refractivity contribution in [1.29, 1.82) is 0 Å². The second-order valence-corrected chi connectivity index (χ2v) is 2.45. The van der Waals surface area contributed by atoms with Crippen molar-refractivity contribution in [2.45, 2.75) is 19.6 Å². The van der Waals surface area contributed by atoms with E-state index in [-0.39, 0.29) is 6.23 Å². The van der Waals surface area contributed by atoms with E-state index in [9.17, 15) is 0 Å². The van der Waals surface area contributed by atoms with Crippen LogP contribution in [0.5, 0.6) is 0 Å². The van der Waals surface area contributed by atoms with E-state index < -0.39 is 0 Å². The molecule has 10 heavy (non-hydrogen) atoms. The van der Waals surface area contributed by atoms with Gasteiger partial charge in [-0.25, -0.2) is 0 Å². The lowest BCUT2D eigenvalue weighted by atomic mass is 10.3. The van der Waals surface area contributed by atoms with Crippen molar-refractivity contribution in [2.75, 3.05) is 27.2 Å². The predicted octanol–water partition coefficient (Wildman–Crippen LogP) is 0.259. The molecule has 2 N–H and O–H groups in total. The monoisotopic (exact) mass is 146 g/mol. The summed E-state index contributed by atoms with van der Waals surface area (Å²) in [6.07, 6.45) is 1.09. The number of nitrogens with two attached hydrogens (primary N) is 1. The Labute approximate surface area is 63.1 Å². The van der Waals surface area contributed by atoms with Crippen molar-refractivity contribution in [3.05, 3.63) is 0 Å². The van der Waals surface area contributed by atoms with Gasteiger partial charge in [0.15, 0.2) is 0 Å². The summed E-state index contributed by atoms with van der Waals surface area (Å²) < 4.78 is 5.39. The third kappa shape index (κ3) is 3.82. The lowest BCUT2D eigenvalue weighted by Crippen LogP contribution is -2.32. The van der Waals surface area contributed by atoms with Gasteiger partial charge >= 0.3 is 0 Å². The first-order chi connectivity index (χ1) is 4.72. The maximum Gasteiger partial charge on any atom is 0.111 e. The molecule has 0 bridgehead atoms. The van der Waals surface area contributed by atoms with Crippen molar-refractivity contribution < 1.29 is 4.74 Å². The molecule has 0 saturated heterocycles. The highest BCUT2D eigenvalue weighted by Gasteiger charge is 2.07. The van der Waals surface area contributed by atoms with E-state index in [4.69, 9.17) is 10.5 Å². The fourth-order valence-electron chi connectivity index (χ4n) is 0.826. The van der Waals surface area contributed by atoms with E-state index in [2.05, 4.69) is 0 Å². The molecular formula is C7H18N2O. The Kier molecular flexibility index (Phi) is 5.58. The molecule has 0 saturated carbocycles. The minimum Gasteiger partial charge on any atom is -0.363 e. The van der Waals surface area contributed by atoms with Crippen LogP contribution in [0.2, 0.25) is 0 Å². The van der Waals surface area contributed by atoms with Crippen molar-refractivity contribution in [3.63, 3.8) is 0 Å². The molecule has 0 heterocycles. The van der Waals surface area contributed by atoms with E-state index in [0.29, 0.717) is 6.54 Å². The summed E-state index contributed by atoms with van der Waals surface area (Å²) >= 11 is 0. The Bertz CT molecular complexity index is 70.0. The zero-order valence-corrected chi connectivity index (χ0v) is 7.13. The van der Waals surface area contributed by atoms with Crippen LogP contribution in [-0.2, 0) is 4.74 Å². The number of nitrogens with zero attached hydrogens (tertiary/aromatic N) is 1. The van der Waals surface area contributed by atoms with Gasteiger partial charge in [0.2, 0.25) is 0 Å². The molecule has 0 aromatic heterocycles. The van der Waals surface area contributed by atoms with Gasteiger partial charge in [0.1, 0.15) is 6.23 Å². The molecule has 0 fully saturated rings. The van der Waals surface area contributed by atoms with Crippen LogP contribution in [0.4, 0.5) is 0 Å². The van der Waals surface area contributed by atoms with Gasteiger partial charge in [0.25, 0.3) is 0 Å². The Morgan fingerprint density at radius 3 is 2.40 bits per heavy atom. The maximum absolute atomic E-state index is 5.39. The Hall–Kier alpha value is -0.120. The first-order valence-corrected chi connectivity index (χ1v) is 3.70. The summed E-state index contributed by atoms with van der Waals surface area (Å²) in [5, 5.41) is 0. The molecule has 3 nitrogen and oxygen atoms in total. The van der Waals surface area contributed by atoms with Gasteiger partial charge < -0.3 is 10.5 Å². The molecule has 0 aliphatic rings. The largest absolute Gasteiger partial charge is 0.363 e. The Balaban J connectivity index is 3.50. The summed E-state index contributed by atoms with van der Waals surface area (Å²) in [5.41, 5.74) is 5.39. The third-order valence-corrected chi connectivity index (χ3v) is 1.35. The molecule has 1 atom stereocenters. The summed E-state index contributed by atoms with van der Waals surface area (Å²) in [6.45, 7) is 3.43. The highest BCUT2D eigenvalue weighted by Crippen LogP contribution is 1.99.